The second-order valence-electron chi connectivity index (χ2n) is 5.58. The number of carbonyl (C=O) groups is 1. The van der Waals surface area contributed by atoms with Crippen LogP contribution in [0.3, 0.4) is 0 Å². The minimum absolute atomic E-state index is 0.365. The van der Waals surface area contributed by atoms with E-state index < -0.39 is 0 Å². The predicted molar refractivity (Wildman–Crippen MR) is 72.9 cm³/mol. The van der Waals surface area contributed by atoms with E-state index in [0.29, 0.717) is 17.6 Å². The van der Waals surface area contributed by atoms with Crippen molar-refractivity contribution in [3.05, 3.63) is 0 Å². The molecule has 0 aromatic carbocycles. The van der Waals surface area contributed by atoms with Crippen LogP contribution in [0.4, 0.5) is 0 Å². The Hall–Kier alpha value is -0.370. The fraction of sp³-hybridized carbons (Fsp3) is 0.933. The molecule has 0 amide bonds. The second kappa shape index (κ2) is 8.68. The zero-order valence-corrected chi connectivity index (χ0v) is 11.4. The summed E-state index contributed by atoms with van der Waals surface area (Å²) in [5.74, 6) is 1.57. The minimum Gasteiger partial charge on any atom is -0.330 e. The first kappa shape index (κ1) is 14.7. The maximum Gasteiger partial charge on any atom is 0.135 e. The lowest BCUT2D eigenvalue weighted by molar-refractivity contribution is -0.124. The summed E-state index contributed by atoms with van der Waals surface area (Å²) in [7, 11) is 0. The Bertz CT molecular complexity index is 207. The van der Waals surface area contributed by atoms with E-state index >= 15 is 0 Å². The molecule has 2 nitrogen and oxygen atoms in total. The Morgan fingerprint density at radius 1 is 1.06 bits per heavy atom. The third-order valence-corrected chi connectivity index (χ3v) is 4.16. The highest BCUT2D eigenvalue weighted by atomic mass is 16.1. The molecule has 1 saturated carbocycles. The lowest BCUT2D eigenvalue weighted by atomic mass is 9.79. The standard InChI is InChI=1S/C15H29NO/c1-2-3-4-5-6-7-15(17)14-10-8-13(12-16)9-11-14/h13-14H,2-12,16H2,1H3. The van der Waals surface area contributed by atoms with Crippen molar-refractivity contribution in [1.82, 2.24) is 0 Å². The van der Waals surface area contributed by atoms with Crippen molar-refractivity contribution >= 4 is 5.78 Å². The molecule has 0 radical (unpaired) electrons. The van der Waals surface area contributed by atoms with Gasteiger partial charge < -0.3 is 5.73 Å². The molecule has 0 bridgehead atoms. The van der Waals surface area contributed by atoms with E-state index in [4.69, 9.17) is 5.73 Å². The number of carbonyl (C=O) groups excluding carboxylic acids is 1. The molecule has 17 heavy (non-hydrogen) atoms. The van der Waals surface area contributed by atoms with E-state index in [-0.39, 0.29) is 0 Å². The van der Waals surface area contributed by atoms with Crippen LogP contribution in [0.2, 0.25) is 0 Å². The first-order valence-electron chi connectivity index (χ1n) is 7.50. The summed E-state index contributed by atoms with van der Waals surface area (Å²) in [6.07, 6.45) is 11.6. The summed E-state index contributed by atoms with van der Waals surface area (Å²) >= 11 is 0. The van der Waals surface area contributed by atoms with Gasteiger partial charge in [-0.25, -0.2) is 0 Å². The first-order valence-corrected chi connectivity index (χ1v) is 7.50. The molecular formula is C15H29NO. The normalized spacial score (nSPS) is 24.8. The molecule has 1 aliphatic carbocycles. The SMILES string of the molecule is CCCCCCCC(=O)C1CCC(CN)CC1. The van der Waals surface area contributed by atoms with Crippen LogP contribution in [0.1, 0.15) is 71.1 Å². The summed E-state index contributed by atoms with van der Waals surface area (Å²) in [4.78, 5) is 12.0. The van der Waals surface area contributed by atoms with Crippen LogP contribution in [-0.2, 0) is 4.79 Å². The molecule has 0 saturated heterocycles. The summed E-state index contributed by atoms with van der Waals surface area (Å²) < 4.78 is 0. The van der Waals surface area contributed by atoms with Crippen LogP contribution in [0.15, 0.2) is 0 Å². The largest absolute Gasteiger partial charge is 0.330 e. The zero-order valence-electron chi connectivity index (χ0n) is 11.4. The van der Waals surface area contributed by atoms with Crippen LogP contribution in [0.25, 0.3) is 0 Å². The van der Waals surface area contributed by atoms with Gasteiger partial charge >= 0.3 is 0 Å². The van der Waals surface area contributed by atoms with Crippen molar-refractivity contribution in [3.63, 3.8) is 0 Å². The molecule has 2 heteroatoms. The van der Waals surface area contributed by atoms with E-state index in [0.717, 1.165) is 32.2 Å². The van der Waals surface area contributed by atoms with Crippen molar-refractivity contribution in [1.29, 1.82) is 0 Å². The third-order valence-electron chi connectivity index (χ3n) is 4.16. The van der Waals surface area contributed by atoms with Crippen LogP contribution in [0, 0.1) is 11.8 Å². The van der Waals surface area contributed by atoms with Crippen molar-refractivity contribution in [3.8, 4) is 0 Å². The van der Waals surface area contributed by atoms with Gasteiger partial charge in [-0.05, 0) is 44.6 Å². The highest BCUT2D eigenvalue weighted by Gasteiger charge is 2.24. The van der Waals surface area contributed by atoms with Gasteiger partial charge in [0, 0.05) is 12.3 Å². The highest BCUT2D eigenvalue weighted by molar-refractivity contribution is 5.81. The van der Waals surface area contributed by atoms with Crippen LogP contribution < -0.4 is 5.73 Å². The number of ketones is 1. The lowest BCUT2D eigenvalue weighted by Crippen LogP contribution is -2.25. The van der Waals surface area contributed by atoms with Gasteiger partial charge in [-0.3, -0.25) is 4.79 Å². The van der Waals surface area contributed by atoms with Crippen molar-refractivity contribution in [2.24, 2.45) is 17.6 Å². The van der Waals surface area contributed by atoms with Gasteiger partial charge in [0.05, 0.1) is 0 Å². The van der Waals surface area contributed by atoms with E-state index in [9.17, 15) is 4.79 Å². The Morgan fingerprint density at radius 2 is 1.71 bits per heavy atom. The van der Waals surface area contributed by atoms with E-state index in [2.05, 4.69) is 6.92 Å². The molecule has 0 heterocycles. The number of nitrogens with two attached hydrogens (primary N) is 1. The number of hydrogen-bond acceptors (Lipinski definition) is 2. The molecular weight excluding hydrogens is 210 g/mol. The summed E-state index contributed by atoms with van der Waals surface area (Å²) in [5.41, 5.74) is 5.67. The van der Waals surface area contributed by atoms with E-state index in [1.165, 1.54) is 38.5 Å². The van der Waals surface area contributed by atoms with Gasteiger partial charge in [0.15, 0.2) is 0 Å². The molecule has 1 fully saturated rings. The number of rotatable bonds is 8. The first-order chi connectivity index (χ1) is 8.27. The fourth-order valence-corrected chi connectivity index (χ4v) is 2.83. The van der Waals surface area contributed by atoms with Crippen LogP contribution in [0.5, 0.6) is 0 Å². The van der Waals surface area contributed by atoms with Crippen molar-refractivity contribution in [2.75, 3.05) is 6.54 Å². The molecule has 0 aromatic rings. The Kier molecular flexibility index (Phi) is 7.50. The molecule has 0 aliphatic heterocycles. The Labute approximate surface area is 106 Å². The molecule has 0 aromatic heterocycles. The lowest BCUT2D eigenvalue weighted by Gasteiger charge is -2.26. The zero-order chi connectivity index (χ0) is 12.5. The van der Waals surface area contributed by atoms with Gasteiger partial charge in [0.1, 0.15) is 5.78 Å². The summed E-state index contributed by atoms with van der Waals surface area (Å²) in [6, 6.07) is 0. The smallest absolute Gasteiger partial charge is 0.135 e. The fourth-order valence-electron chi connectivity index (χ4n) is 2.83. The average molecular weight is 239 g/mol. The van der Waals surface area contributed by atoms with Gasteiger partial charge in [-0.1, -0.05) is 32.6 Å². The number of Topliss-reactive ketones (excluding diaryl/α,β-unsaturated/α-hetero) is 1. The van der Waals surface area contributed by atoms with Crippen LogP contribution >= 0.6 is 0 Å². The Balaban J connectivity index is 2.08. The molecule has 0 spiro atoms. The second-order valence-corrected chi connectivity index (χ2v) is 5.58. The van der Waals surface area contributed by atoms with Gasteiger partial charge in [0.25, 0.3) is 0 Å². The monoisotopic (exact) mass is 239 g/mol. The number of hydrogen-bond donors (Lipinski definition) is 1. The maximum atomic E-state index is 12.0. The van der Waals surface area contributed by atoms with Crippen molar-refractivity contribution in [2.45, 2.75) is 71.1 Å². The van der Waals surface area contributed by atoms with Gasteiger partial charge in [0.2, 0.25) is 0 Å². The number of unbranched alkanes of at least 4 members (excludes halogenated alkanes) is 4. The quantitative estimate of drug-likeness (QED) is 0.657. The van der Waals surface area contributed by atoms with Crippen LogP contribution in [-0.4, -0.2) is 12.3 Å². The molecule has 0 unspecified atom stereocenters. The highest BCUT2D eigenvalue weighted by Crippen LogP contribution is 2.29. The molecule has 1 aliphatic rings. The molecule has 1 rings (SSSR count). The topological polar surface area (TPSA) is 43.1 Å². The third kappa shape index (κ3) is 5.67. The predicted octanol–water partition coefficient (Wildman–Crippen LogP) is 3.68. The molecule has 100 valence electrons. The Morgan fingerprint density at radius 3 is 2.29 bits per heavy atom. The van der Waals surface area contributed by atoms with Gasteiger partial charge in [-0.15, -0.1) is 0 Å². The van der Waals surface area contributed by atoms with Crippen molar-refractivity contribution < 1.29 is 4.79 Å². The average Bonchev–Trinajstić information content (AvgIpc) is 2.38. The van der Waals surface area contributed by atoms with E-state index in [1.807, 2.05) is 0 Å². The van der Waals surface area contributed by atoms with E-state index in [1.54, 1.807) is 0 Å². The summed E-state index contributed by atoms with van der Waals surface area (Å²) in [5, 5.41) is 0. The maximum absolute atomic E-state index is 12.0. The minimum atomic E-state index is 0.365. The molecule has 0 atom stereocenters. The van der Waals surface area contributed by atoms with Gasteiger partial charge in [-0.2, -0.15) is 0 Å². The molecule has 2 N–H and O–H groups in total. The summed E-state index contributed by atoms with van der Waals surface area (Å²) in [6.45, 7) is 3.03.